The minimum atomic E-state index is -0.946. The summed E-state index contributed by atoms with van der Waals surface area (Å²) in [7, 11) is 0. The summed E-state index contributed by atoms with van der Waals surface area (Å²) in [6.45, 7) is 4.15. The highest BCUT2D eigenvalue weighted by Crippen LogP contribution is 2.16. The first kappa shape index (κ1) is 47.8. The number of amides is 1. The van der Waals surface area contributed by atoms with E-state index in [1.54, 1.807) is 6.08 Å². The third-order valence-electron chi connectivity index (χ3n) is 9.99. The number of aliphatic hydroxyl groups excluding tert-OH is 3. The minimum absolute atomic E-state index is 0.00909. The van der Waals surface area contributed by atoms with Gasteiger partial charge >= 0.3 is 0 Å². The molecule has 0 heterocycles. The van der Waals surface area contributed by atoms with Crippen molar-refractivity contribution in [3.05, 3.63) is 24.3 Å². The predicted octanol–water partition coefficient (Wildman–Crippen LogP) is 12.2. The van der Waals surface area contributed by atoms with Gasteiger partial charge in [-0.05, 0) is 32.1 Å². The summed E-state index contributed by atoms with van der Waals surface area (Å²) < 4.78 is 0. The van der Waals surface area contributed by atoms with Gasteiger partial charge in [0.2, 0.25) is 5.91 Å². The zero-order valence-corrected chi connectivity index (χ0v) is 32.8. The lowest BCUT2D eigenvalue weighted by atomic mass is 10.0. The molecule has 0 fully saturated rings. The fourth-order valence-corrected chi connectivity index (χ4v) is 6.65. The van der Waals surface area contributed by atoms with Crippen molar-refractivity contribution < 1.29 is 20.1 Å². The summed E-state index contributed by atoms with van der Waals surface area (Å²) in [6.07, 6.45) is 47.7. The summed E-state index contributed by atoms with van der Waals surface area (Å²) >= 11 is 0. The van der Waals surface area contributed by atoms with Gasteiger partial charge in [0, 0.05) is 0 Å². The van der Waals surface area contributed by atoms with Gasteiger partial charge in [0.05, 0.1) is 31.3 Å². The Hall–Kier alpha value is -1.17. The first-order chi connectivity index (χ1) is 24.0. The van der Waals surface area contributed by atoms with Crippen LogP contribution in [0, 0.1) is 0 Å². The number of aliphatic hydroxyl groups is 3. The third-order valence-corrected chi connectivity index (χ3v) is 9.99. The van der Waals surface area contributed by atoms with Crippen molar-refractivity contribution in [2.45, 2.75) is 244 Å². The van der Waals surface area contributed by atoms with E-state index in [0.29, 0.717) is 6.42 Å². The Balaban J connectivity index is 3.53. The van der Waals surface area contributed by atoms with Crippen molar-refractivity contribution in [1.29, 1.82) is 0 Å². The average molecular weight is 692 g/mol. The molecule has 0 aliphatic rings. The Bertz CT molecular complexity index is 724. The van der Waals surface area contributed by atoms with E-state index >= 15 is 0 Å². The maximum Gasteiger partial charge on any atom is 0.222 e. The van der Waals surface area contributed by atoms with Gasteiger partial charge in [0.15, 0.2) is 0 Å². The first-order valence-electron chi connectivity index (χ1n) is 21.6. The van der Waals surface area contributed by atoms with Gasteiger partial charge in [0.1, 0.15) is 0 Å². The standard InChI is InChI=1S/C44H85NO4/c1-3-5-7-9-11-13-14-15-16-17-18-19-20-21-22-23-24-25-26-27-28-30-31-33-35-37-41(47)39-44(49)45-42(40-46)43(48)38-36-34-32-29-12-10-8-6-4-2/h12,29,36,38,41-43,46-48H,3-11,13-28,30-35,37,39-40H2,1-2H3,(H,45,49)/b29-12+,38-36+. The van der Waals surface area contributed by atoms with Crippen LogP contribution in [0.1, 0.15) is 226 Å². The molecule has 0 rings (SSSR count). The lowest BCUT2D eigenvalue weighted by Crippen LogP contribution is -2.45. The van der Waals surface area contributed by atoms with Crippen LogP contribution in [0.25, 0.3) is 0 Å². The second kappa shape index (κ2) is 39.6. The molecule has 3 unspecified atom stereocenters. The normalized spacial score (nSPS) is 13.8. The molecule has 0 aromatic heterocycles. The molecule has 0 radical (unpaired) electrons. The van der Waals surface area contributed by atoms with E-state index in [1.165, 1.54) is 167 Å². The maximum atomic E-state index is 12.4. The minimum Gasteiger partial charge on any atom is -0.394 e. The highest BCUT2D eigenvalue weighted by atomic mass is 16.3. The molecule has 0 aliphatic carbocycles. The highest BCUT2D eigenvalue weighted by molar-refractivity contribution is 5.76. The fraction of sp³-hybridized carbons (Fsp3) is 0.886. The van der Waals surface area contributed by atoms with Crippen LogP contribution in [-0.2, 0) is 4.79 Å². The number of rotatable bonds is 39. The molecule has 0 spiro atoms. The molecular formula is C44H85NO4. The Morgan fingerprint density at radius 2 is 0.878 bits per heavy atom. The largest absolute Gasteiger partial charge is 0.394 e. The van der Waals surface area contributed by atoms with Crippen LogP contribution < -0.4 is 5.32 Å². The van der Waals surface area contributed by atoms with Crippen LogP contribution in [0.2, 0.25) is 0 Å². The van der Waals surface area contributed by atoms with Crippen molar-refractivity contribution >= 4 is 5.91 Å². The summed E-state index contributed by atoms with van der Waals surface area (Å²) in [5.41, 5.74) is 0. The van der Waals surface area contributed by atoms with Gasteiger partial charge in [-0.3, -0.25) is 4.79 Å². The van der Waals surface area contributed by atoms with Crippen molar-refractivity contribution in [1.82, 2.24) is 5.32 Å². The molecule has 3 atom stereocenters. The summed E-state index contributed by atoms with van der Waals surface area (Å²) in [4.78, 5) is 12.4. The Morgan fingerprint density at radius 1 is 0.510 bits per heavy atom. The number of hydrogen-bond donors (Lipinski definition) is 4. The van der Waals surface area contributed by atoms with E-state index in [0.717, 1.165) is 32.1 Å². The first-order valence-corrected chi connectivity index (χ1v) is 21.6. The van der Waals surface area contributed by atoms with Gasteiger partial charge in [-0.15, -0.1) is 0 Å². The van der Waals surface area contributed by atoms with Crippen LogP contribution >= 0.6 is 0 Å². The fourth-order valence-electron chi connectivity index (χ4n) is 6.65. The molecular weight excluding hydrogens is 606 g/mol. The summed E-state index contributed by atoms with van der Waals surface area (Å²) in [5.74, 6) is -0.325. The number of nitrogens with one attached hydrogen (secondary N) is 1. The predicted molar refractivity (Wildman–Crippen MR) is 213 cm³/mol. The molecule has 49 heavy (non-hydrogen) atoms. The molecule has 4 N–H and O–H groups in total. The molecule has 0 bridgehead atoms. The highest BCUT2D eigenvalue weighted by Gasteiger charge is 2.20. The number of hydrogen-bond acceptors (Lipinski definition) is 4. The molecule has 1 amide bonds. The average Bonchev–Trinajstić information content (AvgIpc) is 3.09. The molecule has 290 valence electrons. The molecule has 5 nitrogen and oxygen atoms in total. The van der Waals surface area contributed by atoms with E-state index in [2.05, 4.69) is 31.3 Å². The molecule has 0 aromatic carbocycles. The number of allylic oxidation sites excluding steroid dienone is 3. The van der Waals surface area contributed by atoms with E-state index in [-0.39, 0.29) is 18.9 Å². The molecule has 0 aromatic rings. The summed E-state index contributed by atoms with van der Waals surface area (Å²) in [6, 6.07) is -0.755. The van der Waals surface area contributed by atoms with Crippen LogP contribution in [0.5, 0.6) is 0 Å². The topological polar surface area (TPSA) is 89.8 Å². The second-order valence-corrected chi connectivity index (χ2v) is 15.0. The van der Waals surface area contributed by atoms with Crippen LogP contribution in [0.3, 0.4) is 0 Å². The van der Waals surface area contributed by atoms with Crippen LogP contribution in [0.4, 0.5) is 0 Å². The van der Waals surface area contributed by atoms with E-state index in [9.17, 15) is 20.1 Å². The van der Waals surface area contributed by atoms with Crippen molar-refractivity contribution in [2.24, 2.45) is 0 Å². The SMILES string of the molecule is CCCCC/C=C/CC/C=C/C(O)C(CO)NC(=O)CC(O)CCCCCCCCCCCCCCCCCCCCCCCCCCC. The Morgan fingerprint density at radius 3 is 1.31 bits per heavy atom. The maximum absolute atomic E-state index is 12.4. The van der Waals surface area contributed by atoms with Crippen LogP contribution in [0.15, 0.2) is 24.3 Å². The smallest absolute Gasteiger partial charge is 0.222 e. The molecule has 0 saturated carbocycles. The lowest BCUT2D eigenvalue weighted by Gasteiger charge is -2.21. The molecule has 5 heteroatoms. The van der Waals surface area contributed by atoms with Crippen molar-refractivity contribution in [3.63, 3.8) is 0 Å². The van der Waals surface area contributed by atoms with Gasteiger partial charge < -0.3 is 20.6 Å². The number of unbranched alkanes of at least 4 members (excludes halogenated alkanes) is 28. The van der Waals surface area contributed by atoms with Gasteiger partial charge in [-0.2, -0.15) is 0 Å². The quantitative estimate of drug-likeness (QED) is 0.0381. The monoisotopic (exact) mass is 692 g/mol. The van der Waals surface area contributed by atoms with Crippen LogP contribution in [-0.4, -0.2) is 46.1 Å². The molecule has 0 saturated heterocycles. The molecule has 0 aliphatic heterocycles. The zero-order chi connectivity index (χ0) is 35.9. The lowest BCUT2D eigenvalue weighted by molar-refractivity contribution is -0.124. The number of carbonyl (C=O) groups is 1. The van der Waals surface area contributed by atoms with Gasteiger partial charge in [-0.1, -0.05) is 212 Å². The van der Waals surface area contributed by atoms with E-state index in [1.807, 2.05) is 6.08 Å². The third kappa shape index (κ3) is 36.4. The van der Waals surface area contributed by atoms with Gasteiger partial charge in [0.25, 0.3) is 0 Å². The van der Waals surface area contributed by atoms with E-state index in [4.69, 9.17) is 0 Å². The number of carbonyl (C=O) groups excluding carboxylic acids is 1. The second-order valence-electron chi connectivity index (χ2n) is 15.0. The van der Waals surface area contributed by atoms with E-state index < -0.39 is 18.2 Å². The van der Waals surface area contributed by atoms with Gasteiger partial charge in [-0.25, -0.2) is 0 Å². The zero-order valence-electron chi connectivity index (χ0n) is 32.8. The Kier molecular flexibility index (Phi) is 38.7. The van der Waals surface area contributed by atoms with Crippen molar-refractivity contribution in [3.8, 4) is 0 Å². The Labute approximate surface area is 305 Å². The van der Waals surface area contributed by atoms with Crippen molar-refractivity contribution in [2.75, 3.05) is 6.61 Å². The summed E-state index contributed by atoms with van der Waals surface area (Å²) in [5, 5.41) is 33.0.